The van der Waals surface area contributed by atoms with Gasteiger partial charge in [-0.25, -0.2) is 0 Å². The quantitative estimate of drug-likeness (QED) is 0.826. The average molecular weight is 261 g/mol. The van der Waals surface area contributed by atoms with Gasteiger partial charge in [0.15, 0.2) is 0 Å². The van der Waals surface area contributed by atoms with Crippen molar-refractivity contribution >= 4 is 0 Å². The van der Waals surface area contributed by atoms with E-state index in [0.29, 0.717) is 6.10 Å². The molecule has 2 aliphatic heterocycles. The molecule has 1 fully saturated rings. The largest absolute Gasteiger partial charge is 0.378 e. The number of hydrogen-bond acceptors (Lipinski definition) is 3. The number of ether oxygens (including phenoxy) is 2. The van der Waals surface area contributed by atoms with E-state index in [2.05, 4.69) is 29.6 Å². The highest BCUT2D eigenvalue weighted by molar-refractivity contribution is 5.31. The topological polar surface area (TPSA) is 30.5 Å². The maximum Gasteiger partial charge on any atom is 0.0952 e. The summed E-state index contributed by atoms with van der Waals surface area (Å²) in [6, 6.07) is 8.64. The Hall–Kier alpha value is -0.900. The zero-order valence-electron chi connectivity index (χ0n) is 11.4. The first-order valence-electron chi connectivity index (χ1n) is 7.45. The third-order valence-electron chi connectivity index (χ3n) is 4.09. The average Bonchev–Trinajstić information content (AvgIpc) is 2.97. The SMILES string of the molecule is c1ccc2c(c1)CCOC2CNCCC1CCCO1. The van der Waals surface area contributed by atoms with Crippen molar-refractivity contribution in [1.29, 1.82) is 0 Å². The van der Waals surface area contributed by atoms with Crippen LogP contribution in [0.25, 0.3) is 0 Å². The summed E-state index contributed by atoms with van der Waals surface area (Å²) in [5.74, 6) is 0. The Kier molecular flexibility index (Phi) is 4.49. The van der Waals surface area contributed by atoms with E-state index in [1.807, 2.05) is 0 Å². The van der Waals surface area contributed by atoms with Gasteiger partial charge in [0.2, 0.25) is 0 Å². The molecule has 3 nitrogen and oxygen atoms in total. The molecule has 2 unspecified atom stereocenters. The molecule has 2 atom stereocenters. The Morgan fingerprint density at radius 1 is 1.16 bits per heavy atom. The van der Waals surface area contributed by atoms with E-state index >= 15 is 0 Å². The molecule has 0 aromatic heterocycles. The Labute approximate surface area is 115 Å². The zero-order chi connectivity index (χ0) is 12.9. The Bertz CT molecular complexity index is 401. The number of rotatable bonds is 5. The smallest absolute Gasteiger partial charge is 0.0952 e. The standard InChI is InChI=1S/C16H23NO2/c1-2-6-15-13(4-1)8-11-19-16(15)12-17-9-7-14-5-3-10-18-14/h1-2,4,6,14,16-17H,3,5,7-12H2. The summed E-state index contributed by atoms with van der Waals surface area (Å²) in [5.41, 5.74) is 2.80. The molecule has 2 aliphatic rings. The second-order valence-corrected chi connectivity index (χ2v) is 5.44. The minimum atomic E-state index is 0.217. The van der Waals surface area contributed by atoms with E-state index in [-0.39, 0.29) is 6.10 Å². The second kappa shape index (κ2) is 6.51. The van der Waals surface area contributed by atoms with Crippen LogP contribution in [-0.2, 0) is 15.9 Å². The molecular weight excluding hydrogens is 238 g/mol. The van der Waals surface area contributed by atoms with Gasteiger partial charge in [0, 0.05) is 13.2 Å². The number of hydrogen-bond donors (Lipinski definition) is 1. The van der Waals surface area contributed by atoms with E-state index in [0.717, 1.165) is 39.1 Å². The van der Waals surface area contributed by atoms with Crippen molar-refractivity contribution < 1.29 is 9.47 Å². The van der Waals surface area contributed by atoms with Gasteiger partial charge >= 0.3 is 0 Å². The molecule has 1 N–H and O–H groups in total. The van der Waals surface area contributed by atoms with Crippen molar-refractivity contribution in [2.45, 2.75) is 37.9 Å². The highest BCUT2D eigenvalue weighted by Gasteiger charge is 2.20. The van der Waals surface area contributed by atoms with Gasteiger partial charge in [-0.05, 0) is 43.4 Å². The van der Waals surface area contributed by atoms with Gasteiger partial charge in [0.05, 0.1) is 18.8 Å². The normalized spacial score (nSPS) is 26.3. The number of nitrogens with one attached hydrogen (secondary N) is 1. The molecule has 0 amide bonds. The van der Waals surface area contributed by atoms with Gasteiger partial charge < -0.3 is 14.8 Å². The van der Waals surface area contributed by atoms with Gasteiger partial charge in [-0.1, -0.05) is 24.3 Å². The third-order valence-corrected chi connectivity index (χ3v) is 4.09. The van der Waals surface area contributed by atoms with E-state index in [9.17, 15) is 0 Å². The van der Waals surface area contributed by atoms with Crippen molar-refractivity contribution in [3.8, 4) is 0 Å². The summed E-state index contributed by atoms with van der Waals surface area (Å²) in [6.07, 6.45) is 5.31. The van der Waals surface area contributed by atoms with Gasteiger partial charge in [-0.3, -0.25) is 0 Å². The Morgan fingerprint density at radius 2 is 2.11 bits per heavy atom. The van der Waals surface area contributed by atoms with E-state index in [1.54, 1.807) is 0 Å². The van der Waals surface area contributed by atoms with Gasteiger partial charge in [0.1, 0.15) is 0 Å². The number of benzene rings is 1. The summed E-state index contributed by atoms with van der Waals surface area (Å²) in [5, 5.41) is 3.52. The van der Waals surface area contributed by atoms with E-state index < -0.39 is 0 Å². The molecule has 2 heterocycles. The summed E-state index contributed by atoms with van der Waals surface area (Å²) < 4.78 is 11.5. The minimum absolute atomic E-state index is 0.217. The molecule has 0 saturated carbocycles. The lowest BCUT2D eigenvalue weighted by molar-refractivity contribution is 0.0413. The molecule has 0 bridgehead atoms. The lowest BCUT2D eigenvalue weighted by Crippen LogP contribution is -2.29. The minimum Gasteiger partial charge on any atom is -0.378 e. The van der Waals surface area contributed by atoms with Crippen molar-refractivity contribution in [3.63, 3.8) is 0 Å². The second-order valence-electron chi connectivity index (χ2n) is 5.44. The van der Waals surface area contributed by atoms with E-state index in [4.69, 9.17) is 9.47 Å². The summed E-state index contributed by atoms with van der Waals surface area (Å²) in [4.78, 5) is 0. The predicted molar refractivity (Wildman–Crippen MR) is 75.3 cm³/mol. The highest BCUT2D eigenvalue weighted by atomic mass is 16.5. The van der Waals surface area contributed by atoms with E-state index in [1.165, 1.54) is 24.0 Å². The first kappa shape index (κ1) is 13.1. The summed E-state index contributed by atoms with van der Waals surface area (Å²) in [6.45, 7) is 3.72. The molecule has 1 saturated heterocycles. The molecule has 0 aliphatic carbocycles. The van der Waals surface area contributed by atoms with Crippen LogP contribution in [-0.4, -0.2) is 32.4 Å². The lowest BCUT2D eigenvalue weighted by atomic mass is 9.97. The molecule has 3 rings (SSSR count). The van der Waals surface area contributed by atoms with Crippen molar-refractivity contribution in [2.24, 2.45) is 0 Å². The molecular formula is C16H23NO2. The van der Waals surface area contributed by atoms with Crippen LogP contribution in [0.5, 0.6) is 0 Å². The van der Waals surface area contributed by atoms with Crippen LogP contribution in [0.3, 0.4) is 0 Å². The van der Waals surface area contributed by atoms with Crippen molar-refractivity contribution in [2.75, 3.05) is 26.3 Å². The summed E-state index contributed by atoms with van der Waals surface area (Å²) >= 11 is 0. The molecule has 3 heteroatoms. The van der Waals surface area contributed by atoms with Crippen LogP contribution in [0.1, 0.15) is 36.5 Å². The maximum atomic E-state index is 5.88. The maximum absolute atomic E-state index is 5.88. The zero-order valence-corrected chi connectivity index (χ0v) is 11.4. The molecule has 104 valence electrons. The molecule has 1 aromatic rings. The Balaban J connectivity index is 1.45. The molecule has 0 radical (unpaired) electrons. The predicted octanol–water partition coefficient (Wildman–Crippen LogP) is 2.46. The van der Waals surface area contributed by atoms with Gasteiger partial charge in [-0.15, -0.1) is 0 Å². The fourth-order valence-electron chi connectivity index (χ4n) is 3.01. The highest BCUT2D eigenvalue weighted by Crippen LogP contribution is 2.26. The first-order chi connectivity index (χ1) is 9.43. The first-order valence-corrected chi connectivity index (χ1v) is 7.45. The monoisotopic (exact) mass is 261 g/mol. The molecule has 0 spiro atoms. The summed E-state index contributed by atoms with van der Waals surface area (Å²) in [7, 11) is 0. The Morgan fingerprint density at radius 3 is 3.00 bits per heavy atom. The number of fused-ring (bicyclic) bond motifs is 1. The third kappa shape index (κ3) is 3.35. The van der Waals surface area contributed by atoms with Crippen LogP contribution in [0.4, 0.5) is 0 Å². The van der Waals surface area contributed by atoms with Crippen molar-refractivity contribution in [3.05, 3.63) is 35.4 Å². The lowest BCUT2D eigenvalue weighted by Gasteiger charge is -2.26. The fourth-order valence-corrected chi connectivity index (χ4v) is 3.01. The fraction of sp³-hybridized carbons (Fsp3) is 0.625. The van der Waals surface area contributed by atoms with Crippen LogP contribution in [0.2, 0.25) is 0 Å². The van der Waals surface area contributed by atoms with Gasteiger partial charge in [-0.2, -0.15) is 0 Å². The molecule has 19 heavy (non-hydrogen) atoms. The van der Waals surface area contributed by atoms with Crippen LogP contribution in [0, 0.1) is 0 Å². The van der Waals surface area contributed by atoms with Crippen molar-refractivity contribution in [1.82, 2.24) is 5.32 Å². The van der Waals surface area contributed by atoms with Crippen LogP contribution < -0.4 is 5.32 Å². The van der Waals surface area contributed by atoms with Crippen LogP contribution >= 0.6 is 0 Å². The van der Waals surface area contributed by atoms with Crippen LogP contribution in [0.15, 0.2) is 24.3 Å². The molecule has 1 aromatic carbocycles. The van der Waals surface area contributed by atoms with Gasteiger partial charge in [0.25, 0.3) is 0 Å².